The highest BCUT2D eigenvalue weighted by Crippen LogP contribution is 2.44. The van der Waals surface area contributed by atoms with E-state index < -0.39 is 6.09 Å². The molecule has 0 radical (unpaired) electrons. The van der Waals surface area contributed by atoms with Gasteiger partial charge >= 0.3 is 6.09 Å². The minimum absolute atomic E-state index is 0.161. The highest BCUT2D eigenvalue weighted by Gasteiger charge is 2.47. The number of likely N-dealkylation sites (tertiary alicyclic amines) is 1. The Bertz CT molecular complexity index is 1130. The maximum atomic E-state index is 11.4. The van der Waals surface area contributed by atoms with Gasteiger partial charge in [-0.25, -0.2) is 19.7 Å². The summed E-state index contributed by atoms with van der Waals surface area (Å²) in [5.41, 5.74) is 9.38. The third-order valence-corrected chi connectivity index (χ3v) is 6.28. The minimum Gasteiger partial charge on any atom is -0.482 e. The lowest BCUT2D eigenvalue weighted by molar-refractivity contribution is 0.153. The van der Waals surface area contributed by atoms with E-state index in [1.165, 1.54) is 11.2 Å². The topological polar surface area (TPSA) is 132 Å². The molecule has 2 atom stereocenters. The van der Waals surface area contributed by atoms with E-state index in [2.05, 4.69) is 15.0 Å². The molecule has 10 nitrogen and oxygen atoms in total. The van der Waals surface area contributed by atoms with Crippen LogP contribution >= 0.6 is 0 Å². The Balaban J connectivity index is 1.42. The summed E-state index contributed by atoms with van der Waals surface area (Å²) in [5, 5.41) is 14.1. The van der Waals surface area contributed by atoms with Crippen LogP contribution in [0.1, 0.15) is 37.1 Å². The zero-order valence-electron chi connectivity index (χ0n) is 17.1. The molecule has 3 N–H and O–H groups in total. The lowest BCUT2D eigenvalue weighted by Crippen LogP contribution is -2.32. The summed E-state index contributed by atoms with van der Waals surface area (Å²) in [6.45, 7) is 3.74. The van der Waals surface area contributed by atoms with Crippen LogP contribution in [0.4, 0.5) is 10.6 Å². The van der Waals surface area contributed by atoms with Crippen molar-refractivity contribution >= 4 is 11.9 Å². The van der Waals surface area contributed by atoms with E-state index in [0.717, 1.165) is 41.9 Å². The van der Waals surface area contributed by atoms with Crippen molar-refractivity contribution in [2.75, 3.05) is 18.8 Å². The van der Waals surface area contributed by atoms with Crippen LogP contribution in [-0.4, -0.2) is 53.9 Å². The van der Waals surface area contributed by atoms with Crippen molar-refractivity contribution in [1.82, 2.24) is 29.6 Å². The molecule has 5 heterocycles. The van der Waals surface area contributed by atoms with Gasteiger partial charge in [0.25, 0.3) is 0 Å². The number of carbonyl (C=O) groups is 1. The normalized spacial score (nSPS) is 20.7. The minimum atomic E-state index is -0.863. The number of nitrogens with zero attached hydrogens (tertiary/aromatic N) is 6. The molecule has 1 unspecified atom stereocenters. The Labute approximate surface area is 178 Å². The van der Waals surface area contributed by atoms with Gasteiger partial charge in [0.05, 0.1) is 5.69 Å². The molecule has 0 saturated carbocycles. The molecule has 2 aliphatic rings. The molecule has 5 rings (SSSR count). The van der Waals surface area contributed by atoms with E-state index in [9.17, 15) is 9.90 Å². The van der Waals surface area contributed by atoms with Gasteiger partial charge in [0, 0.05) is 60.5 Å². The molecule has 0 bridgehead atoms. The Hall–Kier alpha value is -3.69. The molecule has 0 aromatic carbocycles. The van der Waals surface area contributed by atoms with Crippen molar-refractivity contribution in [3.05, 3.63) is 48.3 Å². The van der Waals surface area contributed by atoms with Gasteiger partial charge in [-0.05, 0) is 31.9 Å². The van der Waals surface area contributed by atoms with Crippen molar-refractivity contribution in [2.45, 2.75) is 37.8 Å². The van der Waals surface area contributed by atoms with E-state index >= 15 is 0 Å². The molecule has 1 amide bonds. The summed E-state index contributed by atoms with van der Waals surface area (Å²) < 4.78 is 8.02. The quantitative estimate of drug-likeness (QED) is 0.657. The molecule has 2 aliphatic heterocycles. The number of hydrogen-bond acceptors (Lipinski definition) is 7. The highest BCUT2D eigenvalue weighted by molar-refractivity contribution is 5.67. The van der Waals surface area contributed by atoms with Crippen molar-refractivity contribution in [3.8, 4) is 17.0 Å². The molecule has 0 aliphatic carbocycles. The number of amides is 1. The number of carboxylic acid groups (broad SMARTS) is 1. The van der Waals surface area contributed by atoms with Gasteiger partial charge in [-0.1, -0.05) is 0 Å². The van der Waals surface area contributed by atoms with Gasteiger partial charge in [-0.3, -0.25) is 4.68 Å². The van der Waals surface area contributed by atoms with Crippen LogP contribution in [0.2, 0.25) is 0 Å². The SMILES string of the molecule is CC(Oc1cc(-c2cc3n(n2)CC[C@]32CCN(C(=O)O)C2)cnc1N)c1cncnc1. The van der Waals surface area contributed by atoms with Crippen molar-refractivity contribution in [2.24, 2.45) is 0 Å². The Kier molecular flexibility index (Phi) is 4.49. The number of ether oxygens (including phenoxy) is 1. The lowest BCUT2D eigenvalue weighted by Gasteiger charge is -2.22. The van der Waals surface area contributed by atoms with Gasteiger partial charge in [0.2, 0.25) is 0 Å². The molecule has 3 aromatic heterocycles. The zero-order valence-corrected chi connectivity index (χ0v) is 17.1. The largest absolute Gasteiger partial charge is 0.482 e. The molecule has 1 spiro atoms. The van der Waals surface area contributed by atoms with Crippen LogP contribution in [-0.2, 0) is 12.0 Å². The summed E-state index contributed by atoms with van der Waals surface area (Å²) in [7, 11) is 0. The number of fused-ring (bicyclic) bond motifs is 2. The molecule has 31 heavy (non-hydrogen) atoms. The smallest absolute Gasteiger partial charge is 0.407 e. The summed E-state index contributed by atoms with van der Waals surface area (Å²) in [6.07, 6.45) is 7.12. The fourth-order valence-electron chi connectivity index (χ4n) is 4.52. The maximum absolute atomic E-state index is 11.4. The predicted octanol–water partition coefficient (Wildman–Crippen LogP) is 2.48. The first-order valence-electron chi connectivity index (χ1n) is 10.2. The number of nitrogens with two attached hydrogens (primary N) is 1. The van der Waals surface area contributed by atoms with Crippen LogP contribution in [0.25, 0.3) is 11.3 Å². The van der Waals surface area contributed by atoms with E-state index in [1.54, 1.807) is 18.6 Å². The van der Waals surface area contributed by atoms with Crippen LogP contribution in [0.3, 0.4) is 0 Å². The third kappa shape index (κ3) is 3.33. The van der Waals surface area contributed by atoms with Gasteiger partial charge in [0.15, 0.2) is 11.6 Å². The van der Waals surface area contributed by atoms with Crippen LogP contribution in [0.5, 0.6) is 5.75 Å². The van der Waals surface area contributed by atoms with Crippen molar-refractivity contribution in [1.29, 1.82) is 0 Å². The molecular weight excluding hydrogens is 398 g/mol. The summed E-state index contributed by atoms with van der Waals surface area (Å²) in [5.74, 6) is 0.762. The van der Waals surface area contributed by atoms with Gasteiger partial charge in [-0.2, -0.15) is 5.10 Å². The third-order valence-electron chi connectivity index (χ3n) is 6.28. The van der Waals surface area contributed by atoms with Gasteiger partial charge in [0.1, 0.15) is 12.4 Å². The molecule has 1 saturated heterocycles. The highest BCUT2D eigenvalue weighted by atomic mass is 16.5. The van der Waals surface area contributed by atoms with E-state index in [4.69, 9.17) is 15.6 Å². The number of aryl methyl sites for hydroxylation is 1. The van der Waals surface area contributed by atoms with Crippen molar-refractivity contribution < 1.29 is 14.6 Å². The molecule has 160 valence electrons. The second-order valence-corrected chi connectivity index (χ2v) is 8.16. The second kappa shape index (κ2) is 7.22. The Morgan fingerprint density at radius 2 is 2.00 bits per heavy atom. The first-order valence-corrected chi connectivity index (χ1v) is 10.2. The monoisotopic (exact) mass is 421 g/mol. The van der Waals surface area contributed by atoms with E-state index in [0.29, 0.717) is 24.7 Å². The van der Waals surface area contributed by atoms with Crippen LogP contribution < -0.4 is 10.5 Å². The predicted molar refractivity (Wildman–Crippen MR) is 111 cm³/mol. The first kappa shape index (κ1) is 19.3. The van der Waals surface area contributed by atoms with Gasteiger partial charge in [-0.15, -0.1) is 0 Å². The molecule has 10 heteroatoms. The van der Waals surface area contributed by atoms with Gasteiger partial charge < -0.3 is 20.5 Å². The number of pyridine rings is 1. The standard InChI is InChI=1S/C21H23N7O3/c1-13(15-8-23-12-24-9-15)31-17-6-14(10-25-19(17)22)16-7-18-21(3-5-28(18)26-16)2-4-27(11-21)20(29)30/h6-10,12-13H,2-5,11H2,1H3,(H2,22,25)(H,29,30)/t13?,21-/m0/s1. The molecular formula is C21H23N7O3. The lowest BCUT2D eigenvalue weighted by atomic mass is 9.82. The first-order chi connectivity index (χ1) is 14.9. The maximum Gasteiger partial charge on any atom is 0.407 e. The fourth-order valence-corrected chi connectivity index (χ4v) is 4.52. The van der Waals surface area contributed by atoms with Crippen molar-refractivity contribution in [3.63, 3.8) is 0 Å². The number of aromatic nitrogens is 5. The number of nitrogen functional groups attached to an aromatic ring is 1. The molecule has 3 aromatic rings. The number of rotatable bonds is 4. The fraction of sp³-hybridized carbons (Fsp3) is 0.381. The Morgan fingerprint density at radius 3 is 2.74 bits per heavy atom. The average Bonchev–Trinajstić information content (AvgIpc) is 3.47. The Morgan fingerprint density at radius 1 is 1.23 bits per heavy atom. The van der Waals surface area contributed by atoms with E-state index in [1.807, 2.05) is 23.7 Å². The summed E-state index contributed by atoms with van der Waals surface area (Å²) in [6, 6.07) is 3.88. The average molecular weight is 421 g/mol. The van der Waals surface area contributed by atoms with Crippen LogP contribution in [0, 0.1) is 0 Å². The van der Waals surface area contributed by atoms with Crippen LogP contribution in [0.15, 0.2) is 37.1 Å². The summed E-state index contributed by atoms with van der Waals surface area (Å²) >= 11 is 0. The second-order valence-electron chi connectivity index (χ2n) is 8.16. The molecule has 1 fully saturated rings. The zero-order chi connectivity index (χ0) is 21.6. The number of hydrogen-bond donors (Lipinski definition) is 2. The number of anilines is 1. The van der Waals surface area contributed by atoms with E-state index in [-0.39, 0.29) is 11.5 Å². The summed E-state index contributed by atoms with van der Waals surface area (Å²) in [4.78, 5) is 25.2.